The van der Waals surface area contributed by atoms with Gasteiger partial charge in [-0.2, -0.15) is 11.8 Å². The Morgan fingerprint density at radius 2 is 2.21 bits per heavy atom. The molecule has 2 aliphatic rings. The van der Waals surface area contributed by atoms with Crippen molar-refractivity contribution in [3.63, 3.8) is 0 Å². The molecule has 1 aromatic rings. The third-order valence-electron chi connectivity index (χ3n) is 4.90. The molecule has 2 heterocycles. The van der Waals surface area contributed by atoms with Crippen molar-refractivity contribution in [1.29, 1.82) is 0 Å². The van der Waals surface area contributed by atoms with E-state index in [1.54, 1.807) is 6.20 Å². The van der Waals surface area contributed by atoms with E-state index in [-0.39, 0.29) is 18.1 Å². The van der Waals surface area contributed by atoms with E-state index < -0.39 is 0 Å². The zero-order valence-corrected chi connectivity index (χ0v) is 15.7. The molecule has 4 nitrogen and oxygen atoms in total. The van der Waals surface area contributed by atoms with Crippen molar-refractivity contribution in [3.05, 3.63) is 23.9 Å². The zero-order chi connectivity index (χ0) is 17.2. The molecular weight excluding hydrogens is 320 g/mol. The monoisotopic (exact) mass is 348 g/mol. The number of hydrogen-bond donors (Lipinski definition) is 1. The SMILES string of the molecule is CC1CC(NC(=O)c2ccc(OC3CCSC3)nc2)CC(C)(C)C1. The molecule has 2 fully saturated rings. The minimum atomic E-state index is -0.0274. The van der Waals surface area contributed by atoms with Crippen molar-refractivity contribution < 1.29 is 9.53 Å². The summed E-state index contributed by atoms with van der Waals surface area (Å²) in [5, 5.41) is 3.19. The van der Waals surface area contributed by atoms with E-state index in [0.717, 1.165) is 30.8 Å². The zero-order valence-electron chi connectivity index (χ0n) is 14.9. The predicted molar refractivity (Wildman–Crippen MR) is 98.6 cm³/mol. The van der Waals surface area contributed by atoms with Crippen LogP contribution in [0.15, 0.2) is 18.3 Å². The number of pyridine rings is 1. The van der Waals surface area contributed by atoms with Gasteiger partial charge in [-0.15, -0.1) is 0 Å². The van der Waals surface area contributed by atoms with Crippen LogP contribution in [0.1, 0.15) is 56.8 Å². The van der Waals surface area contributed by atoms with E-state index in [0.29, 0.717) is 22.8 Å². The third kappa shape index (κ3) is 4.65. The minimum Gasteiger partial charge on any atom is -0.473 e. The van der Waals surface area contributed by atoms with Crippen LogP contribution in [0.3, 0.4) is 0 Å². The molecule has 0 bridgehead atoms. The van der Waals surface area contributed by atoms with Gasteiger partial charge in [0, 0.05) is 24.1 Å². The first-order valence-corrected chi connectivity index (χ1v) is 10.1. The smallest absolute Gasteiger partial charge is 0.253 e. The maximum Gasteiger partial charge on any atom is 0.253 e. The Morgan fingerprint density at radius 3 is 2.83 bits per heavy atom. The van der Waals surface area contributed by atoms with E-state index in [9.17, 15) is 4.79 Å². The molecule has 1 aliphatic heterocycles. The van der Waals surface area contributed by atoms with Gasteiger partial charge in [0.15, 0.2) is 0 Å². The van der Waals surface area contributed by atoms with Crippen LogP contribution in [0.25, 0.3) is 0 Å². The number of nitrogens with one attached hydrogen (secondary N) is 1. The number of thioether (sulfide) groups is 1. The lowest BCUT2D eigenvalue weighted by Gasteiger charge is -2.39. The lowest BCUT2D eigenvalue weighted by atomic mass is 9.70. The van der Waals surface area contributed by atoms with Crippen LogP contribution in [-0.2, 0) is 0 Å². The first-order chi connectivity index (χ1) is 11.4. The molecule has 3 rings (SSSR count). The highest BCUT2D eigenvalue weighted by atomic mass is 32.2. The second kappa shape index (κ2) is 7.34. The first kappa shape index (κ1) is 17.6. The van der Waals surface area contributed by atoms with E-state index >= 15 is 0 Å². The molecule has 3 atom stereocenters. The first-order valence-electron chi connectivity index (χ1n) is 8.93. The van der Waals surface area contributed by atoms with Gasteiger partial charge in [-0.1, -0.05) is 20.8 Å². The van der Waals surface area contributed by atoms with Crippen LogP contribution in [0.4, 0.5) is 0 Å². The molecule has 0 radical (unpaired) electrons. The molecule has 132 valence electrons. The van der Waals surface area contributed by atoms with E-state index in [1.807, 2.05) is 23.9 Å². The Morgan fingerprint density at radius 1 is 1.38 bits per heavy atom. The third-order valence-corrected chi connectivity index (χ3v) is 6.03. The van der Waals surface area contributed by atoms with Crippen LogP contribution in [-0.4, -0.2) is 34.5 Å². The van der Waals surface area contributed by atoms with Gasteiger partial charge in [-0.3, -0.25) is 4.79 Å². The largest absolute Gasteiger partial charge is 0.473 e. The Labute approximate surface area is 149 Å². The van der Waals surface area contributed by atoms with Crippen molar-refractivity contribution in [2.75, 3.05) is 11.5 Å². The fourth-order valence-electron chi connectivity index (χ4n) is 4.09. The van der Waals surface area contributed by atoms with Crippen LogP contribution < -0.4 is 10.1 Å². The number of rotatable bonds is 4. The van der Waals surface area contributed by atoms with E-state index in [1.165, 1.54) is 6.42 Å². The Bertz CT molecular complexity index is 567. The van der Waals surface area contributed by atoms with Gasteiger partial charge in [0.2, 0.25) is 5.88 Å². The normalized spacial score (nSPS) is 29.2. The van der Waals surface area contributed by atoms with Crippen LogP contribution >= 0.6 is 11.8 Å². The average Bonchev–Trinajstić information content (AvgIpc) is 2.98. The van der Waals surface area contributed by atoms with Gasteiger partial charge in [-0.25, -0.2) is 4.98 Å². The summed E-state index contributed by atoms with van der Waals surface area (Å²) in [6, 6.07) is 3.88. The molecule has 5 heteroatoms. The molecule has 1 amide bonds. The quantitative estimate of drug-likeness (QED) is 0.896. The summed E-state index contributed by atoms with van der Waals surface area (Å²) >= 11 is 1.91. The summed E-state index contributed by atoms with van der Waals surface area (Å²) in [7, 11) is 0. The molecule has 1 saturated carbocycles. The molecule has 1 aromatic heterocycles. The van der Waals surface area contributed by atoms with Gasteiger partial charge in [0.1, 0.15) is 6.10 Å². The van der Waals surface area contributed by atoms with Gasteiger partial charge >= 0.3 is 0 Å². The van der Waals surface area contributed by atoms with Crippen LogP contribution in [0.2, 0.25) is 0 Å². The summed E-state index contributed by atoms with van der Waals surface area (Å²) < 4.78 is 5.84. The maximum atomic E-state index is 12.5. The fourth-order valence-corrected chi connectivity index (χ4v) is 5.18. The Balaban J connectivity index is 1.56. The highest BCUT2D eigenvalue weighted by Gasteiger charge is 2.32. The molecule has 24 heavy (non-hydrogen) atoms. The summed E-state index contributed by atoms with van der Waals surface area (Å²) in [5.74, 6) is 3.42. The predicted octanol–water partition coefficient (Wildman–Crippen LogP) is 3.91. The van der Waals surface area contributed by atoms with Gasteiger partial charge in [0.25, 0.3) is 5.91 Å². The minimum absolute atomic E-state index is 0.0274. The topological polar surface area (TPSA) is 51.2 Å². The molecule has 1 N–H and O–H groups in total. The number of carbonyl (C=O) groups is 1. The van der Waals surface area contributed by atoms with E-state index in [2.05, 4.69) is 31.1 Å². The van der Waals surface area contributed by atoms with Gasteiger partial charge in [-0.05, 0) is 48.8 Å². The Hall–Kier alpha value is -1.23. The molecule has 0 spiro atoms. The van der Waals surface area contributed by atoms with Crippen LogP contribution in [0.5, 0.6) is 5.88 Å². The Kier molecular flexibility index (Phi) is 5.38. The van der Waals surface area contributed by atoms with Crippen molar-refractivity contribution >= 4 is 17.7 Å². The summed E-state index contributed by atoms with van der Waals surface area (Å²) in [6.07, 6.45) is 6.29. The van der Waals surface area contributed by atoms with Crippen LogP contribution in [0, 0.1) is 11.3 Å². The number of hydrogen-bond acceptors (Lipinski definition) is 4. The molecule has 3 unspecified atom stereocenters. The number of ether oxygens (including phenoxy) is 1. The molecule has 0 aromatic carbocycles. The molecular formula is C19H28N2O2S. The average molecular weight is 349 g/mol. The van der Waals surface area contributed by atoms with Crippen molar-refractivity contribution in [2.24, 2.45) is 11.3 Å². The number of amides is 1. The molecule has 1 aliphatic carbocycles. The maximum absolute atomic E-state index is 12.5. The van der Waals surface area contributed by atoms with Crippen molar-refractivity contribution in [2.45, 2.75) is 58.6 Å². The number of aromatic nitrogens is 1. The van der Waals surface area contributed by atoms with Crippen molar-refractivity contribution in [1.82, 2.24) is 10.3 Å². The summed E-state index contributed by atoms with van der Waals surface area (Å²) in [5.41, 5.74) is 0.907. The van der Waals surface area contributed by atoms with Gasteiger partial charge in [0.05, 0.1) is 5.56 Å². The summed E-state index contributed by atoms with van der Waals surface area (Å²) in [6.45, 7) is 6.85. The second-order valence-corrected chi connectivity index (χ2v) is 9.22. The highest BCUT2D eigenvalue weighted by molar-refractivity contribution is 7.99. The fraction of sp³-hybridized carbons (Fsp3) is 0.684. The van der Waals surface area contributed by atoms with Crippen molar-refractivity contribution in [3.8, 4) is 5.88 Å². The second-order valence-electron chi connectivity index (χ2n) is 8.07. The molecule has 1 saturated heterocycles. The standard InChI is InChI=1S/C19H28N2O2S/c1-13-8-15(10-19(2,3)9-13)21-18(22)14-4-5-17(20-11-14)23-16-6-7-24-12-16/h4-5,11,13,15-16H,6-10,12H2,1-3H3,(H,21,22). The highest BCUT2D eigenvalue weighted by Crippen LogP contribution is 2.38. The summed E-state index contributed by atoms with van der Waals surface area (Å²) in [4.78, 5) is 16.8. The lowest BCUT2D eigenvalue weighted by Crippen LogP contribution is -2.43. The number of nitrogens with zero attached hydrogens (tertiary/aromatic N) is 1. The lowest BCUT2D eigenvalue weighted by molar-refractivity contribution is 0.0873. The van der Waals surface area contributed by atoms with E-state index in [4.69, 9.17) is 4.74 Å². The van der Waals surface area contributed by atoms with Gasteiger partial charge < -0.3 is 10.1 Å². The number of carbonyl (C=O) groups excluding carboxylic acids is 1.